The van der Waals surface area contributed by atoms with Crippen LogP contribution in [0.1, 0.15) is 107 Å². The Morgan fingerprint density at radius 2 is 1.66 bits per heavy atom. The van der Waals surface area contributed by atoms with E-state index in [0.717, 1.165) is 35.5 Å². The first-order valence-electron chi connectivity index (χ1n) is 14.1. The molecule has 4 rings (SSSR count). The molecule has 0 spiro atoms. The predicted molar refractivity (Wildman–Crippen MR) is 138 cm³/mol. The summed E-state index contributed by atoms with van der Waals surface area (Å²) in [4.78, 5) is 0. The van der Waals surface area contributed by atoms with Crippen LogP contribution in [0.5, 0.6) is 0 Å². The lowest BCUT2D eigenvalue weighted by molar-refractivity contribution is -0.0687. The zero-order valence-electron chi connectivity index (χ0n) is 22.5. The third kappa shape index (κ3) is 4.30. The highest BCUT2D eigenvalue weighted by atomic mass is 16.5. The summed E-state index contributed by atoms with van der Waals surface area (Å²) in [5.41, 5.74) is 2.75. The van der Waals surface area contributed by atoms with Gasteiger partial charge in [-0.15, -0.1) is 0 Å². The smallest absolute Gasteiger partial charge is 0.0616 e. The van der Waals surface area contributed by atoms with Gasteiger partial charge >= 0.3 is 0 Å². The molecule has 3 saturated carbocycles. The number of ether oxygens (including phenoxy) is 1. The molecule has 32 heavy (non-hydrogen) atoms. The lowest BCUT2D eigenvalue weighted by Crippen LogP contribution is -2.51. The quantitative estimate of drug-likeness (QED) is 0.375. The van der Waals surface area contributed by atoms with Gasteiger partial charge in [-0.25, -0.2) is 0 Å². The molecule has 0 amide bonds. The van der Waals surface area contributed by atoms with E-state index in [-0.39, 0.29) is 0 Å². The molecule has 0 aliphatic heterocycles. The molecule has 0 N–H and O–H groups in total. The summed E-state index contributed by atoms with van der Waals surface area (Å²) in [7, 11) is 0. The van der Waals surface area contributed by atoms with Crippen molar-refractivity contribution in [2.45, 2.75) is 119 Å². The predicted octanol–water partition coefficient (Wildman–Crippen LogP) is 8.84. The minimum atomic E-state index is 0.353. The van der Waals surface area contributed by atoms with E-state index < -0.39 is 0 Å². The van der Waals surface area contributed by atoms with Gasteiger partial charge in [0.15, 0.2) is 0 Å². The zero-order valence-corrected chi connectivity index (χ0v) is 22.5. The minimum Gasteiger partial charge on any atom is -0.375 e. The lowest BCUT2D eigenvalue weighted by Gasteiger charge is -2.58. The summed E-state index contributed by atoms with van der Waals surface area (Å²) in [5, 5.41) is 0. The molecule has 3 fully saturated rings. The molecule has 0 bridgehead atoms. The molecule has 1 unspecified atom stereocenters. The van der Waals surface area contributed by atoms with Crippen molar-refractivity contribution in [1.82, 2.24) is 0 Å². The number of fused-ring (bicyclic) bond motifs is 5. The molecule has 182 valence electrons. The first-order chi connectivity index (χ1) is 15.1. The number of hydrogen-bond donors (Lipinski definition) is 0. The highest BCUT2D eigenvalue weighted by Gasteiger charge is 2.59. The van der Waals surface area contributed by atoms with Crippen LogP contribution in [-0.2, 0) is 4.74 Å². The molecule has 0 aromatic carbocycles. The third-order valence-electron chi connectivity index (χ3n) is 11.0. The first-order valence-corrected chi connectivity index (χ1v) is 14.1. The molecule has 4 aliphatic rings. The second-order valence-corrected chi connectivity index (χ2v) is 13.4. The van der Waals surface area contributed by atoms with Crippen LogP contribution < -0.4 is 0 Å². The summed E-state index contributed by atoms with van der Waals surface area (Å²) >= 11 is 0. The largest absolute Gasteiger partial charge is 0.375 e. The van der Waals surface area contributed by atoms with Gasteiger partial charge < -0.3 is 4.74 Å². The number of allylic oxidation sites excluding steroid dienone is 3. The van der Waals surface area contributed by atoms with E-state index in [1.54, 1.807) is 5.57 Å². The summed E-state index contributed by atoms with van der Waals surface area (Å²) in [6.45, 7) is 19.3. The normalized spacial score (nSPS) is 43.7. The van der Waals surface area contributed by atoms with Gasteiger partial charge in [0.2, 0.25) is 0 Å². The van der Waals surface area contributed by atoms with Crippen molar-refractivity contribution in [2.75, 3.05) is 0 Å². The topological polar surface area (TPSA) is 9.23 Å². The fourth-order valence-electron chi connectivity index (χ4n) is 8.74. The SMILES string of the molecule is CC(C)O[C@H]1CC[C@@]2(C)C(=CC[C@H]3[C@@H]4CC[C@H](C(C)/C=C/[C@H](C)C(C)C)[C@@]4(C)CC[C@@H]32)C1. The van der Waals surface area contributed by atoms with Crippen LogP contribution in [-0.4, -0.2) is 12.2 Å². The fraction of sp³-hybridized carbons (Fsp3) is 0.871. The maximum atomic E-state index is 6.25. The molecular weight excluding hydrogens is 388 g/mol. The molecule has 4 aliphatic carbocycles. The van der Waals surface area contributed by atoms with Crippen LogP contribution in [0.15, 0.2) is 23.8 Å². The molecule has 0 heterocycles. The summed E-state index contributed by atoms with van der Waals surface area (Å²) < 4.78 is 6.25. The van der Waals surface area contributed by atoms with Crippen LogP contribution in [0.3, 0.4) is 0 Å². The minimum absolute atomic E-state index is 0.353. The molecule has 1 heteroatoms. The summed E-state index contributed by atoms with van der Waals surface area (Å²) in [5.74, 6) is 5.78. The maximum Gasteiger partial charge on any atom is 0.0616 e. The molecule has 0 aromatic rings. The molecule has 9 atom stereocenters. The zero-order chi connectivity index (χ0) is 23.3. The Morgan fingerprint density at radius 1 is 0.906 bits per heavy atom. The van der Waals surface area contributed by atoms with Gasteiger partial charge in [0, 0.05) is 0 Å². The van der Waals surface area contributed by atoms with Crippen molar-refractivity contribution in [1.29, 1.82) is 0 Å². The van der Waals surface area contributed by atoms with Gasteiger partial charge in [-0.05, 0) is 117 Å². The van der Waals surface area contributed by atoms with Gasteiger partial charge in [0.25, 0.3) is 0 Å². The molecule has 0 radical (unpaired) electrons. The summed E-state index contributed by atoms with van der Waals surface area (Å²) in [6.07, 6.45) is 19.6. The first kappa shape index (κ1) is 24.6. The van der Waals surface area contributed by atoms with E-state index in [9.17, 15) is 0 Å². The Hall–Kier alpha value is -0.560. The van der Waals surface area contributed by atoms with E-state index in [1.165, 1.54) is 51.4 Å². The van der Waals surface area contributed by atoms with Gasteiger partial charge in [-0.3, -0.25) is 0 Å². The molecule has 0 saturated heterocycles. The van der Waals surface area contributed by atoms with E-state index in [4.69, 9.17) is 4.74 Å². The highest BCUT2D eigenvalue weighted by molar-refractivity contribution is 5.25. The van der Waals surface area contributed by atoms with Gasteiger partial charge in [-0.2, -0.15) is 0 Å². The maximum absolute atomic E-state index is 6.25. The Kier molecular flexibility index (Phi) is 7.09. The Morgan fingerprint density at radius 3 is 2.34 bits per heavy atom. The molecule has 0 aromatic heterocycles. The Bertz CT molecular complexity index is 716. The van der Waals surface area contributed by atoms with Crippen molar-refractivity contribution < 1.29 is 4.74 Å². The van der Waals surface area contributed by atoms with Crippen LogP contribution in [0.2, 0.25) is 0 Å². The Labute approximate surface area is 199 Å². The van der Waals surface area contributed by atoms with Crippen LogP contribution in [0.4, 0.5) is 0 Å². The van der Waals surface area contributed by atoms with Crippen molar-refractivity contribution in [3.05, 3.63) is 23.8 Å². The second kappa shape index (κ2) is 9.24. The van der Waals surface area contributed by atoms with Crippen LogP contribution in [0.25, 0.3) is 0 Å². The van der Waals surface area contributed by atoms with Crippen molar-refractivity contribution >= 4 is 0 Å². The Balaban J connectivity index is 1.49. The molecule has 1 nitrogen and oxygen atoms in total. The second-order valence-electron chi connectivity index (χ2n) is 13.4. The average Bonchev–Trinajstić information content (AvgIpc) is 3.08. The monoisotopic (exact) mass is 440 g/mol. The number of hydrogen-bond acceptors (Lipinski definition) is 1. The fourth-order valence-corrected chi connectivity index (χ4v) is 8.74. The van der Waals surface area contributed by atoms with Crippen LogP contribution >= 0.6 is 0 Å². The number of rotatable bonds is 6. The van der Waals surface area contributed by atoms with Crippen molar-refractivity contribution in [2.24, 2.45) is 52.3 Å². The van der Waals surface area contributed by atoms with Gasteiger partial charge in [0.05, 0.1) is 12.2 Å². The van der Waals surface area contributed by atoms with E-state index in [0.29, 0.717) is 29.0 Å². The molecular formula is C31H52O. The third-order valence-corrected chi connectivity index (χ3v) is 11.0. The van der Waals surface area contributed by atoms with E-state index >= 15 is 0 Å². The van der Waals surface area contributed by atoms with E-state index in [2.05, 4.69) is 73.6 Å². The van der Waals surface area contributed by atoms with Crippen LogP contribution in [0, 0.1) is 52.3 Å². The summed E-state index contributed by atoms with van der Waals surface area (Å²) in [6, 6.07) is 0. The standard InChI is InChI=1S/C31H52O/c1-20(2)22(5)9-10-23(6)27-13-14-28-26-12-11-24-19-25(32-21(3)4)15-17-30(24,7)29(26)16-18-31(27,28)8/h9-11,20-23,25-29H,12-19H2,1-8H3/b10-9+/t22-,23?,25-,26-,27+,28-,29-,30-,31+/m0/s1. The van der Waals surface area contributed by atoms with E-state index in [1.807, 2.05) is 0 Å². The van der Waals surface area contributed by atoms with Crippen molar-refractivity contribution in [3.8, 4) is 0 Å². The lowest BCUT2D eigenvalue weighted by atomic mass is 9.47. The average molecular weight is 441 g/mol. The highest BCUT2D eigenvalue weighted by Crippen LogP contribution is 2.67. The van der Waals surface area contributed by atoms with Crippen molar-refractivity contribution in [3.63, 3.8) is 0 Å². The van der Waals surface area contributed by atoms with Gasteiger partial charge in [-0.1, -0.05) is 65.3 Å². The van der Waals surface area contributed by atoms with Gasteiger partial charge in [0.1, 0.15) is 0 Å².